The molecule has 1 N–H and O–H groups in total. The molecule has 0 spiro atoms. The molecule has 0 bridgehead atoms. The van der Waals surface area contributed by atoms with Crippen molar-refractivity contribution in [3.05, 3.63) is 29.3 Å². The van der Waals surface area contributed by atoms with Gasteiger partial charge >= 0.3 is 5.97 Å². The second kappa shape index (κ2) is 8.18. The van der Waals surface area contributed by atoms with Crippen LogP contribution < -0.4 is 10.1 Å². The van der Waals surface area contributed by atoms with Crippen LogP contribution in [0.25, 0.3) is 0 Å². The van der Waals surface area contributed by atoms with Crippen molar-refractivity contribution in [2.24, 2.45) is 5.92 Å². The highest BCUT2D eigenvalue weighted by atomic mass is 16.5. The number of hydrogen-bond donors (Lipinski definition) is 1. The molecular formula is C19H29NO4. The van der Waals surface area contributed by atoms with E-state index in [1.807, 2.05) is 39.0 Å². The molecule has 1 aromatic carbocycles. The predicted octanol–water partition coefficient (Wildman–Crippen LogP) is 3.20. The zero-order valence-corrected chi connectivity index (χ0v) is 15.7. The fourth-order valence-electron chi connectivity index (χ4n) is 2.68. The lowest BCUT2D eigenvalue weighted by molar-refractivity contribution is -0.152. The number of nitrogens with one attached hydrogen (secondary N) is 1. The Kier molecular flexibility index (Phi) is 6.81. The molecule has 0 aliphatic heterocycles. The smallest absolute Gasteiger partial charge is 0.331 e. The maximum absolute atomic E-state index is 12.8. The van der Waals surface area contributed by atoms with Gasteiger partial charge in [-0.3, -0.25) is 4.79 Å². The number of ether oxygens (including phenoxy) is 2. The van der Waals surface area contributed by atoms with Crippen LogP contribution in [-0.2, 0) is 14.3 Å². The van der Waals surface area contributed by atoms with Gasteiger partial charge in [0.1, 0.15) is 11.3 Å². The Morgan fingerprint density at radius 1 is 1.25 bits per heavy atom. The zero-order valence-electron chi connectivity index (χ0n) is 15.7. The maximum atomic E-state index is 12.8. The Labute approximate surface area is 144 Å². The fourth-order valence-corrected chi connectivity index (χ4v) is 2.68. The minimum atomic E-state index is -1.06. The van der Waals surface area contributed by atoms with Crippen LogP contribution in [0.4, 0.5) is 0 Å². The van der Waals surface area contributed by atoms with E-state index in [1.54, 1.807) is 21.0 Å². The van der Waals surface area contributed by atoms with Gasteiger partial charge in [0.15, 0.2) is 0 Å². The van der Waals surface area contributed by atoms with E-state index in [9.17, 15) is 9.59 Å². The summed E-state index contributed by atoms with van der Waals surface area (Å²) >= 11 is 0. The van der Waals surface area contributed by atoms with E-state index in [1.165, 1.54) is 7.11 Å². The monoisotopic (exact) mass is 335 g/mol. The third-order valence-electron chi connectivity index (χ3n) is 4.84. The van der Waals surface area contributed by atoms with Crippen molar-refractivity contribution in [1.29, 1.82) is 0 Å². The molecule has 5 nitrogen and oxygen atoms in total. The van der Waals surface area contributed by atoms with Crippen molar-refractivity contribution < 1.29 is 19.1 Å². The highest BCUT2D eigenvalue weighted by molar-refractivity contribution is 5.91. The van der Waals surface area contributed by atoms with Gasteiger partial charge in [0.05, 0.1) is 20.1 Å². The molecule has 3 unspecified atom stereocenters. The van der Waals surface area contributed by atoms with Crippen molar-refractivity contribution in [2.45, 2.75) is 52.5 Å². The number of esters is 1. The van der Waals surface area contributed by atoms with Crippen molar-refractivity contribution in [2.75, 3.05) is 14.2 Å². The highest BCUT2D eigenvalue weighted by Gasteiger charge is 2.41. The molecule has 0 saturated carbocycles. The molecule has 0 saturated heterocycles. The van der Waals surface area contributed by atoms with Crippen molar-refractivity contribution in [1.82, 2.24) is 5.32 Å². The van der Waals surface area contributed by atoms with E-state index in [0.29, 0.717) is 5.75 Å². The van der Waals surface area contributed by atoms with Gasteiger partial charge in [-0.05, 0) is 38.3 Å². The van der Waals surface area contributed by atoms with Crippen LogP contribution in [0.1, 0.15) is 51.2 Å². The molecule has 0 radical (unpaired) electrons. The summed E-state index contributed by atoms with van der Waals surface area (Å²) in [6.07, 6.45) is 0.744. The number of methoxy groups -OCH3 is 2. The number of benzene rings is 1. The average molecular weight is 335 g/mol. The second-order valence-electron chi connectivity index (χ2n) is 6.46. The van der Waals surface area contributed by atoms with E-state index in [2.05, 4.69) is 5.32 Å². The summed E-state index contributed by atoms with van der Waals surface area (Å²) in [5.41, 5.74) is 0.784. The third-order valence-corrected chi connectivity index (χ3v) is 4.84. The lowest BCUT2D eigenvalue weighted by Gasteiger charge is -2.34. The topological polar surface area (TPSA) is 64.6 Å². The van der Waals surface area contributed by atoms with Gasteiger partial charge in [0.2, 0.25) is 5.91 Å². The predicted molar refractivity (Wildman–Crippen MR) is 94.2 cm³/mol. The largest absolute Gasteiger partial charge is 0.496 e. The molecule has 24 heavy (non-hydrogen) atoms. The van der Waals surface area contributed by atoms with Gasteiger partial charge in [0, 0.05) is 5.56 Å². The number of rotatable bonds is 7. The van der Waals surface area contributed by atoms with Crippen LogP contribution in [0.3, 0.4) is 0 Å². The summed E-state index contributed by atoms with van der Waals surface area (Å²) in [5, 5.41) is 2.89. The molecule has 0 fully saturated rings. The van der Waals surface area contributed by atoms with Crippen LogP contribution in [0.2, 0.25) is 0 Å². The van der Waals surface area contributed by atoms with E-state index in [4.69, 9.17) is 9.47 Å². The molecule has 0 aromatic heterocycles. The maximum Gasteiger partial charge on any atom is 0.331 e. The molecule has 0 aliphatic rings. The quantitative estimate of drug-likeness (QED) is 0.777. The van der Waals surface area contributed by atoms with Gasteiger partial charge in [0.25, 0.3) is 0 Å². The number of aryl methyl sites for hydroxylation is 1. The summed E-state index contributed by atoms with van der Waals surface area (Å²) in [6.45, 7) is 9.38. The van der Waals surface area contributed by atoms with Gasteiger partial charge in [-0.2, -0.15) is 0 Å². The molecule has 0 heterocycles. The Hall–Kier alpha value is -2.04. The summed E-state index contributed by atoms with van der Waals surface area (Å²) in [6, 6.07) is 5.72. The zero-order chi connectivity index (χ0) is 18.5. The number of hydrogen-bond acceptors (Lipinski definition) is 4. The molecule has 1 aromatic rings. The second-order valence-corrected chi connectivity index (χ2v) is 6.46. The van der Waals surface area contributed by atoms with Gasteiger partial charge in [-0.15, -0.1) is 0 Å². The lowest BCUT2D eigenvalue weighted by atomic mass is 9.84. The summed E-state index contributed by atoms with van der Waals surface area (Å²) in [5.74, 6) is -0.505. The lowest BCUT2D eigenvalue weighted by Crippen LogP contribution is -2.57. The van der Waals surface area contributed by atoms with Crippen LogP contribution in [-0.4, -0.2) is 31.6 Å². The first-order chi connectivity index (χ1) is 11.2. The minimum absolute atomic E-state index is 0.0546. The SMILES string of the molecule is CCC(C)C(C)(NC(=O)C(C)c1ccc(C)cc1OC)C(=O)OC. The van der Waals surface area contributed by atoms with Gasteiger partial charge in [-0.25, -0.2) is 4.79 Å². The van der Waals surface area contributed by atoms with Crippen molar-refractivity contribution in [3.8, 4) is 5.75 Å². The summed E-state index contributed by atoms with van der Waals surface area (Å²) in [4.78, 5) is 25.0. The molecule has 134 valence electrons. The first-order valence-corrected chi connectivity index (χ1v) is 8.26. The van der Waals surface area contributed by atoms with Crippen LogP contribution in [0, 0.1) is 12.8 Å². The minimum Gasteiger partial charge on any atom is -0.496 e. The molecule has 1 amide bonds. The highest BCUT2D eigenvalue weighted by Crippen LogP contribution is 2.29. The Morgan fingerprint density at radius 3 is 2.38 bits per heavy atom. The molecule has 3 atom stereocenters. The standard InChI is InChI=1S/C19H29NO4/c1-8-13(3)19(5,18(22)24-7)20-17(21)14(4)15-10-9-12(2)11-16(15)23-6/h9-11,13-14H,8H2,1-7H3,(H,20,21). The number of carbonyl (C=O) groups is 2. The normalized spacial score (nSPS) is 15.8. The Morgan fingerprint density at radius 2 is 1.88 bits per heavy atom. The van der Waals surface area contributed by atoms with Gasteiger partial charge < -0.3 is 14.8 Å². The molecular weight excluding hydrogens is 306 g/mol. The van der Waals surface area contributed by atoms with Crippen LogP contribution in [0.5, 0.6) is 5.75 Å². The molecule has 1 rings (SSSR count). The summed E-state index contributed by atoms with van der Waals surface area (Å²) in [7, 11) is 2.92. The van der Waals surface area contributed by atoms with Crippen molar-refractivity contribution >= 4 is 11.9 Å². The van der Waals surface area contributed by atoms with E-state index in [0.717, 1.165) is 17.5 Å². The fraction of sp³-hybridized carbons (Fsp3) is 0.579. The van der Waals surface area contributed by atoms with Crippen LogP contribution >= 0.6 is 0 Å². The van der Waals surface area contributed by atoms with Crippen molar-refractivity contribution in [3.63, 3.8) is 0 Å². The van der Waals surface area contributed by atoms with E-state index < -0.39 is 17.4 Å². The summed E-state index contributed by atoms with van der Waals surface area (Å²) < 4.78 is 10.3. The Balaban J connectivity index is 3.10. The average Bonchev–Trinajstić information content (AvgIpc) is 2.58. The first kappa shape index (κ1) is 20.0. The van der Waals surface area contributed by atoms with E-state index in [-0.39, 0.29) is 11.8 Å². The van der Waals surface area contributed by atoms with Crippen LogP contribution in [0.15, 0.2) is 18.2 Å². The van der Waals surface area contributed by atoms with Gasteiger partial charge in [-0.1, -0.05) is 32.4 Å². The molecule has 0 aliphatic carbocycles. The number of amides is 1. The first-order valence-electron chi connectivity index (χ1n) is 8.26. The third kappa shape index (κ3) is 4.08. The number of carbonyl (C=O) groups excluding carboxylic acids is 2. The molecule has 5 heteroatoms. The Bertz CT molecular complexity index is 599. The van der Waals surface area contributed by atoms with E-state index >= 15 is 0 Å².